The lowest BCUT2D eigenvalue weighted by atomic mass is 10.2. The first-order valence-electron chi connectivity index (χ1n) is 5.73. The Kier molecular flexibility index (Phi) is 3.76. The average Bonchev–Trinajstić information content (AvgIpc) is 2.77. The van der Waals surface area contributed by atoms with E-state index in [2.05, 4.69) is 5.10 Å². The summed E-state index contributed by atoms with van der Waals surface area (Å²) in [5, 5.41) is 14.1. The molecule has 0 saturated heterocycles. The van der Waals surface area contributed by atoms with Gasteiger partial charge in [0, 0.05) is 5.02 Å². The molecule has 0 fully saturated rings. The van der Waals surface area contributed by atoms with Crippen LogP contribution in [0.25, 0.3) is 5.69 Å². The molecule has 0 aliphatic heterocycles. The van der Waals surface area contributed by atoms with Gasteiger partial charge < -0.3 is 9.84 Å². The summed E-state index contributed by atoms with van der Waals surface area (Å²) in [5.41, 5.74) is 1.22. The molecule has 0 unspecified atom stereocenters. The zero-order valence-corrected chi connectivity index (χ0v) is 11.3. The third-order valence-electron chi connectivity index (χ3n) is 2.71. The molecule has 6 heteroatoms. The summed E-state index contributed by atoms with van der Waals surface area (Å²) in [7, 11) is 1.42. The Hall–Kier alpha value is -2.01. The second kappa shape index (κ2) is 5.32. The Morgan fingerprint density at radius 1 is 1.53 bits per heavy atom. The van der Waals surface area contributed by atoms with Gasteiger partial charge in [-0.1, -0.05) is 24.6 Å². The van der Waals surface area contributed by atoms with Crippen LogP contribution in [-0.4, -0.2) is 28.0 Å². The molecule has 0 amide bonds. The lowest BCUT2D eigenvalue weighted by Gasteiger charge is -2.06. The van der Waals surface area contributed by atoms with E-state index in [0.29, 0.717) is 22.8 Å². The molecule has 1 aromatic heterocycles. The number of benzene rings is 1. The van der Waals surface area contributed by atoms with E-state index in [9.17, 15) is 9.90 Å². The van der Waals surface area contributed by atoms with Crippen molar-refractivity contribution in [1.29, 1.82) is 0 Å². The molecular formula is C13H13ClN2O3. The zero-order chi connectivity index (χ0) is 14.0. The fraction of sp³-hybridized carbons (Fsp3) is 0.231. The van der Waals surface area contributed by atoms with Crippen LogP contribution in [0.3, 0.4) is 0 Å². The monoisotopic (exact) mass is 280 g/mol. The van der Waals surface area contributed by atoms with Gasteiger partial charge in [-0.05, 0) is 24.6 Å². The molecule has 2 rings (SSSR count). The van der Waals surface area contributed by atoms with Crippen molar-refractivity contribution in [2.45, 2.75) is 13.3 Å². The number of carboxylic acids is 1. The van der Waals surface area contributed by atoms with Gasteiger partial charge in [0.15, 0.2) is 0 Å². The first-order valence-corrected chi connectivity index (χ1v) is 6.11. The van der Waals surface area contributed by atoms with Crippen molar-refractivity contribution in [1.82, 2.24) is 9.78 Å². The van der Waals surface area contributed by atoms with Gasteiger partial charge in [-0.3, -0.25) is 0 Å². The molecule has 0 aliphatic carbocycles. The first-order chi connectivity index (χ1) is 9.08. The summed E-state index contributed by atoms with van der Waals surface area (Å²) in [6, 6.07) is 6.99. The molecule has 19 heavy (non-hydrogen) atoms. The lowest BCUT2D eigenvalue weighted by molar-refractivity contribution is 0.0692. The number of carbonyl (C=O) groups is 1. The Labute approximate surface area is 115 Å². The number of aromatic nitrogens is 2. The number of methoxy groups -OCH3 is 1. The molecule has 1 heterocycles. The van der Waals surface area contributed by atoms with Gasteiger partial charge in [-0.15, -0.1) is 0 Å². The van der Waals surface area contributed by atoms with E-state index in [0.717, 1.165) is 0 Å². The van der Waals surface area contributed by atoms with E-state index in [-0.39, 0.29) is 11.4 Å². The molecule has 0 saturated carbocycles. The number of ether oxygens (including phenoxy) is 1. The SMILES string of the molecule is CCc1nn(-c2cccc(Cl)c2)c(OC)c1C(=O)O. The van der Waals surface area contributed by atoms with Gasteiger partial charge >= 0.3 is 5.97 Å². The van der Waals surface area contributed by atoms with Gasteiger partial charge in [0.2, 0.25) is 5.88 Å². The van der Waals surface area contributed by atoms with Crippen molar-refractivity contribution in [3.8, 4) is 11.6 Å². The maximum atomic E-state index is 11.3. The zero-order valence-electron chi connectivity index (χ0n) is 10.6. The standard InChI is InChI=1S/C13H13ClN2O3/c1-3-10-11(13(17)18)12(19-2)16(15-10)9-6-4-5-8(14)7-9/h4-7H,3H2,1-2H3,(H,17,18). The molecule has 0 spiro atoms. The van der Waals surface area contributed by atoms with E-state index in [1.54, 1.807) is 24.3 Å². The molecule has 0 aliphatic rings. The minimum atomic E-state index is -1.05. The van der Waals surface area contributed by atoms with Gasteiger partial charge in [0.1, 0.15) is 5.56 Å². The minimum Gasteiger partial charge on any atom is -0.480 e. The van der Waals surface area contributed by atoms with Crippen LogP contribution >= 0.6 is 11.6 Å². The molecule has 1 N–H and O–H groups in total. The summed E-state index contributed by atoms with van der Waals surface area (Å²) < 4.78 is 6.64. The highest BCUT2D eigenvalue weighted by atomic mass is 35.5. The second-order valence-corrected chi connectivity index (χ2v) is 4.32. The molecule has 0 atom stereocenters. The first kappa shape index (κ1) is 13.4. The van der Waals surface area contributed by atoms with Gasteiger partial charge in [0.05, 0.1) is 18.5 Å². The van der Waals surface area contributed by atoms with E-state index in [1.807, 2.05) is 6.92 Å². The molecule has 0 bridgehead atoms. The highest BCUT2D eigenvalue weighted by Crippen LogP contribution is 2.27. The molecule has 2 aromatic rings. The minimum absolute atomic E-state index is 0.0879. The topological polar surface area (TPSA) is 64.4 Å². The highest BCUT2D eigenvalue weighted by molar-refractivity contribution is 6.30. The van der Waals surface area contributed by atoms with Crippen LogP contribution in [0.5, 0.6) is 5.88 Å². The number of aromatic carboxylic acids is 1. The van der Waals surface area contributed by atoms with Gasteiger partial charge in [-0.2, -0.15) is 5.10 Å². The fourth-order valence-corrected chi connectivity index (χ4v) is 2.06. The summed E-state index contributed by atoms with van der Waals surface area (Å²) in [6.07, 6.45) is 0.506. The predicted molar refractivity (Wildman–Crippen MR) is 71.5 cm³/mol. The van der Waals surface area contributed by atoms with Crippen LogP contribution < -0.4 is 4.74 Å². The molecule has 100 valence electrons. The second-order valence-electron chi connectivity index (χ2n) is 3.88. The molecule has 5 nitrogen and oxygen atoms in total. The summed E-state index contributed by atoms with van der Waals surface area (Å²) in [6.45, 7) is 1.84. The average molecular weight is 281 g/mol. The van der Waals surface area contributed by atoms with E-state index in [4.69, 9.17) is 16.3 Å². The summed E-state index contributed by atoms with van der Waals surface area (Å²) in [4.78, 5) is 11.3. The van der Waals surface area contributed by atoms with Crippen LogP contribution in [0.1, 0.15) is 23.0 Å². The van der Waals surface area contributed by atoms with Crippen molar-refractivity contribution < 1.29 is 14.6 Å². The van der Waals surface area contributed by atoms with Crippen LogP contribution in [0, 0.1) is 0 Å². The predicted octanol–water partition coefficient (Wildman–Crippen LogP) is 2.79. The number of nitrogens with zero attached hydrogens (tertiary/aromatic N) is 2. The Balaban J connectivity index is 2.67. The largest absolute Gasteiger partial charge is 0.480 e. The van der Waals surface area contributed by atoms with Gasteiger partial charge in [0.25, 0.3) is 0 Å². The number of carboxylic acid groups (broad SMARTS) is 1. The van der Waals surface area contributed by atoms with E-state index in [1.165, 1.54) is 11.8 Å². The number of hydrogen-bond donors (Lipinski definition) is 1. The van der Waals surface area contributed by atoms with Crippen LogP contribution in [0.2, 0.25) is 5.02 Å². The number of aryl methyl sites for hydroxylation is 1. The van der Waals surface area contributed by atoms with Crippen LogP contribution in [-0.2, 0) is 6.42 Å². The van der Waals surface area contributed by atoms with Crippen molar-refractivity contribution >= 4 is 17.6 Å². The number of halogens is 1. The summed E-state index contributed by atoms with van der Waals surface area (Å²) >= 11 is 5.94. The highest BCUT2D eigenvalue weighted by Gasteiger charge is 2.24. The lowest BCUT2D eigenvalue weighted by Crippen LogP contribution is -2.03. The molecular weight excluding hydrogens is 268 g/mol. The summed E-state index contributed by atoms with van der Waals surface area (Å²) in [5.74, 6) is -0.853. The number of rotatable bonds is 4. The van der Waals surface area contributed by atoms with Crippen molar-refractivity contribution in [2.24, 2.45) is 0 Å². The smallest absolute Gasteiger partial charge is 0.343 e. The van der Waals surface area contributed by atoms with E-state index >= 15 is 0 Å². The maximum absolute atomic E-state index is 11.3. The van der Waals surface area contributed by atoms with Crippen molar-refractivity contribution in [3.63, 3.8) is 0 Å². The maximum Gasteiger partial charge on any atom is 0.343 e. The molecule has 0 radical (unpaired) electrons. The van der Waals surface area contributed by atoms with Crippen LogP contribution in [0.15, 0.2) is 24.3 Å². The Morgan fingerprint density at radius 3 is 2.79 bits per heavy atom. The van der Waals surface area contributed by atoms with Crippen molar-refractivity contribution in [2.75, 3.05) is 7.11 Å². The molecule has 1 aromatic carbocycles. The quantitative estimate of drug-likeness (QED) is 0.935. The Morgan fingerprint density at radius 2 is 2.26 bits per heavy atom. The third-order valence-corrected chi connectivity index (χ3v) is 2.95. The number of hydrogen-bond acceptors (Lipinski definition) is 3. The Bertz CT molecular complexity index is 622. The van der Waals surface area contributed by atoms with Crippen LogP contribution in [0.4, 0.5) is 0 Å². The third kappa shape index (κ3) is 2.42. The van der Waals surface area contributed by atoms with E-state index < -0.39 is 5.97 Å². The fourth-order valence-electron chi connectivity index (χ4n) is 1.88. The normalized spacial score (nSPS) is 10.5. The van der Waals surface area contributed by atoms with Gasteiger partial charge in [-0.25, -0.2) is 9.48 Å². The van der Waals surface area contributed by atoms with Crippen molar-refractivity contribution in [3.05, 3.63) is 40.5 Å².